The SMILES string of the molecule is Cc1ccc(CN2CC[C@@H](NC(=O)c3cn[nH]c3)C2=O)cc1. The van der Waals surface area contributed by atoms with Gasteiger partial charge in [0.2, 0.25) is 5.91 Å². The predicted molar refractivity (Wildman–Crippen MR) is 81.1 cm³/mol. The van der Waals surface area contributed by atoms with Crippen molar-refractivity contribution in [2.75, 3.05) is 6.54 Å². The van der Waals surface area contributed by atoms with Crippen molar-refractivity contribution in [3.63, 3.8) is 0 Å². The van der Waals surface area contributed by atoms with Crippen LogP contribution in [0.15, 0.2) is 36.7 Å². The summed E-state index contributed by atoms with van der Waals surface area (Å²) >= 11 is 0. The molecule has 0 radical (unpaired) electrons. The van der Waals surface area contributed by atoms with Gasteiger partial charge >= 0.3 is 0 Å². The zero-order chi connectivity index (χ0) is 15.5. The molecule has 1 aromatic heterocycles. The third kappa shape index (κ3) is 3.00. The van der Waals surface area contributed by atoms with E-state index in [0.29, 0.717) is 25.1 Å². The fourth-order valence-corrected chi connectivity index (χ4v) is 2.56. The van der Waals surface area contributed by atoms with Gasteiger partial charge in [0.15, 0.2) is 0 Å². The second-order valence-corrected chi connectivity index (χ2v) is 5.55. The van der Waals surface area contributed by atoms with Gasteiger partial charge in [-0.05, 0) is 18.9 Å². The smallest absolute Gasteiger partial charge is 0.255 e. The van der Waals surface area contributed by atoms with Gasteiger partial charge in [0.1, 0.15) is 6.04 Å². The molecular formula is C16H18N4O2. The Morgan fingerprint density at radius 1 is 1.41 bits per heavy atom. The summed E-state index contributed by atoms with van der Waals surface area (Å²) in [6.45, 7) is 3.27. The first-order chi connectivity index (χ1) is 10.6. The quantitative estimate of drug-likeness (QED) is 0.891. The molecule has 0 saturated carbocycles. The highest BCUT2D eigenvalue weighted by Crippen LogP contribution is 2.16. The molecule has 0 aliphatic carbocycles. The third-order valence-corrected chi connectivity index (χ3v) is 3.86. The number of aryl methyl sites for hydroxylation is 1. The fourth-order valence-electron chi connectivity index (χ4n) is 2.56. The molecule has 2 heterocycles. The zero-order valence-electron chi connectivity index (χ0n) is 12.4. The van der Waals surface area contributed by atoms with E-state index < -0.39 is 6.04 Å². The summed E-state index contributed by atoms with van der Waals surface area (Å²) in [7, 11) is 0. The van der Waals surface area contributed by atoms with Crippen molar-refractivity contribution in [1.82, 2.24) is 20.4 Å². The summed E-state index contributed by atoms with van der Waals surface area (Å²) in [4.78, 5) is 26.1. The Morgan fingerprint density at radius 3 is 2.86 bits per heavy atom. The first-order valence-electron chi connectivity index (χ1n) is 7.27. The standard InChI is InChI=1S/C16H18N4O2/c1-11-2-4-12(5-3-11)10-20-7-6-14(16(20)22)19-15(21)13-8-17-18-9-13/h2-5,8-9,14H,6-7,10H2,1H3,(H,17,18)(H,19,21)/t14-/m1/s1. The van der Waals surface area contributed by atoms with Gasteiger partial charge in [-0.1, -0.05) is 29.8 Å². The maximum Gasteiger partial charge on any atom is 0.255 e. The predicted octanol–water partition coefficient (Wildman–Crippen LogP) is 1.25. The molecule has 2 amide bonds. The highest BCUT2D eigenvalue weighted by molar-refractivity contribution is 5.97. The van der Waals surface area contributed by atoms with Crippen LogP contribution in [0.25, 0.3) is 0 Å². The molecule has 6 heteroatoms. The lowest BCUT2D eigenvalue weighted by Gasteiger charge is -2.17. The van der Waals surface area contributed by atoms with Crippen molar-refractivity contribution < 1.29 is 9.59 Å². The van der Waals surface area contributed by atoms with Crippen LogP contribution in [0.1, 0.15) is 27.9 Å². The van der Waals surface area contributed by atoms with E-state index in [1.54, 1.807) is 4.90 Å². The third-order valence-electron chi connectivity index (χ3n) is 3.86. The van der Waals surface area contributed by atoms with Crippen molar-refractivity contribution in [3.8, 4) is 0 Å². The van der Waals surface area contributed by atoms with Crippen LogP contribution in [0.5, 0.6) is 0 Å². The molecule has 1 aliphatic rings. The Balaban J connectivity index is 1.60. The lowest BCUT2D eigenvalue weighted by molar-refractivity contribution is -0.129. The average molecular weight is 298 g/mol. The lowest BCUT2D eigenvalue weighted by atomic mass is 10.1. The zero-order valence-corrected chi connectivity index (χ0v) is 12.4. The number of carbonyl (C=O) groups excluding carboxylic acids is 2. The Kier molecular flexibility index (Phi) is 3.91. The van der Waals surface area contributed by atoms with Crippen molar-refractivity contribution in [2.45, 2.75) is 25.9 Å². The number of carbonyl (C=O) groups is 2. The first kappa shape index (κ1) is 14.3. The van der Waals surface area contributed by atoms with E-state index in [2.05, 4.69) is 15.5 Å². The van der Waals surface area contributed by atoms with Crippen LogP contribution in [-0.4, -0.2) is 39.5 Å². The second-order valence-electron chi connectivity index (χ2n) is 5.55. The summed E-state index contributed by atoms with van der Waals surface area (Å²) in [6, 6.07) is 7.68. The number of nitrogens with one attached hydrogen (secondary N) is 2. The largest absolute Gasteiger partial charge is 0.340 e. The molecule has 2 N–H and O–H groups in total. The van der Waals surface area contributed by atoms with Crippen LogP contribution in [0.3, 0.4) is 0 Å². The minimum absolute atomic E-state index is 0.0302. The molecule has 22 heavy (non-hydrogen) atoms. The van der Waals surface area contributed by atoms with Gasteiger partial charge in [0.25, 0.3) is 5.91 Å². The van der Waals surface area contributed by atoms with E-state index in [4.69, 9.17) is 0 Å². The second kappa shape index (κ2) is 6.01. The molecule has 114 valence electrons. The normalized spacial score (nSPS) is 17.8. The van der Waals surface area contributed by atoms with Crippen LogP contribution < -0.4 is 5.32 Å². The number of likely N-dealkylation sites (tertiary alicyclic amines) is 1. The minimum Gasteiger partial charge on any atom is -0.340 e. The number of hydrogen-bond acceptors (Lipinski definition) is 3. The summed E-state index contributed by atoms with van der Waals surface area (Å²) in [6.07, 6.45) is 3.59. The summed E-state index contributed by atoms with van der Waals surface area (Å²) in [5.74, 6) is -0.304. The van der Waals surface area contributed by atoms with E-state index in [9.17, 15) is 9.59 Å². The maximum absolute atomic E-state index is 12.4. The topological polar surface area (TPSA) is 78.1 Å². The van der Waals surface area contributed by atoms with Gasteiger partial charge in [-0.15, -0.1) is 0 Å². The van der Waals surface area contributed by atoms with E-state index in [1.807, 2.05) is 31.2 Å². The maximum atomic E-state index is 12.4. The molecule has 1 saturated heterocycles. The highest BCUT2D eigenvalue weighted by Gasteiger charge is 2.32. The number of H-pyrrole nitrogens is 1. The summed E-state index contributed by atoms with van der Waals surface area (Å²) in [5.41, 5.74) is 2.73. The van der Waals surface area contributed by atoms with Gasteiger partial charge in [0, 0.05) is 19.3 Å². The number of benzene rings is 1. The highest BCUT2D eigenvalue weighted by atomic mass is 16.2. The van der Waals surface area contributed by atoms with Crippen molar-refractivity contribution in [1.29, 1.82) is 0 Å². The molecule has 0 bridgehead atoms. The minimum atomic E-state index is -0.451. The molecular weight excluding hydrogens is 280 g/mol. The number of hydrogen-bond donors (Lipinski definition) is 2. The Bertz CT molecular complexity index is 664. The van der Waals surface area contributed by atoms with Gasteiger partial charge < -0.3 is 10.2 Å². The van der Waals surface area contributed by atoms with E-state index in [-0.39, 0.29) is 11.8 Å². The molecule has 1 aromatic carbocycles. The molecule has 6 nitrogen and oxygen atoms in total. The average Bonchev–Trinajstić information content (AvgIpc) is 3.15. The summed E-state index contributed by atoms with van der Waals surface area (Å²) in [5, 5.41) is 9.09. The fraction of sp³-hybridized carbons (Fsp3) is 0.312. The number of nitrogens with zero attached hydrogens (tertiary/aromatic N) is 2. The molecule has 0 spiro atoms. The molecule has 2 aromatic rings. The van der Waals surface area contributed by atoms with Gasteiger partial charge in [-0.2, -0.15) is 5.10 Å². The van der Waals surface area contributed by atoms with Crippen molar-refractivity contribution >= 4 is 11.8 Å². The van der Waals surface area contributed by atoms with Crippen molar-refractivity contribution in [3.05, 3.63) is 53.3 Å². The van der Waals surface area contributed by atoms with Gasteiger partial charge in [0.05, 0.1) is 11.8 Å². The van der Waals surface area contributed by atoms with Gasteiger partial charge in [-0.3, -0.25) is 14.7 Å². The van der Waals surface area contributed by atoms with E-state index in [0.717, 1.165) is 5.56 Å². The van der Waals surface area contributed by atoms with Crippen molar-refractivity contribution in [2.24, 2.45) is 0 Å². The molecule has 1 fully saturated rings. The number of rotatable bonds is 4. The lowest BCUT2D eigenvalue weighted by Crippen LogP contribution is -2.41. The van der Waals surface area contributed by atoms with E-state index >= 15 is 0 Å². The van der Waals surface area contributed by atoms with E-state index in [1.165, 1.54) is 18.0 Å². The molecule has 0 unspecified atom stereocenters. The Labute approximate surface area is 128 Å². The van der Waals surface area contributed by atoms with Crippen LogP contribution in [0.4, 0.5) is 0 Å². The first-order valence-corrected chi connectivity index (χ1v) is 7.27. The molecule has 3 rings (SSSR count). The Morgan fingerprint density at radius 2 is 2.18 bits per heavy atom. The van der Waals surface area contributed by atoms with Crippen LogP contribution in [0.2, 0.25) is 0 Å². The monoisotopic (exact) mass is 298 g/mol. The summed E-state index contributed by atoms with van der Waals surface area (Å²) < 4.78 is 0. The van der Waals surface area contributed by atoms with Crippen LogP contribution in [-0.2, 0) is 11.3 Å². The molecule has 1 atom stereocenters. The van der Waals surface area contributed by atoms with Gasteiger partial charge in [-0.25, -0.2) is 0 Å². The number of aromatic amines is 1. The van der Waals surface area contributed by atoms with Crippen LogP contribution >= 0.6 is 0 Å². The van der Waals surface area contributed by atoms with Crippen LogP contribution in [0, 0.1) is 6.92 Å². The number of amides is 2. The number of aromatic nitrogens is 2. The molecule has 1 aliphatic heterocycles. The Hall–Kier alpha value is -2.63.